The van der Waals surface area contributed by atoms with Crippen molar-refractivity contribution < 1.29 is 17.7 Å². The molecule has 0 N–H and O–H groups in total. The number of ether oxygens (including phenoxy) is 1. The van der Waals surface area contributed by atoms with Gasteiger partial charge in [-0.15, -0.1) is 6.58 Å². The van der Waals surface area contributed by atoms with Gasteiger partial charge in [-0.3, -0.25) is 0 Å². The highest BCUT2D eigenvalue weighted by atomic mass is 32.2. The quantitative estimate of drug-likeness (QED) is 0.418. The molecule has 0 bridgehead atoms. The molecule has 3 rings (SSSR count). The molecule has 1 heterocycles. The minimum absolute atomic E-state index is 0.206. The van der Waals surface area contributed by atoms with Gasteiger partial charge in [0.1, 0.15) is 0 Å². The van der Waals surface area contributed by atoms with Gasteiger partial charge in [-0.2, -0.15) is 8.88 Å². The molecule has 0 amide bonds. The fourth-order valence-corrected chi connectivity index (χ4v) is 5.03. The fraction of sp³-hybridized carbons (Fsp3) is 0.360. The van der Waals surface area contributed by atoms with Gasteiger partial charge in [0, 0.05) is 25.5 Å². The molecule has 1 atom stereocenters. The first-order valence-electron chi connectivity index (χ1n) is 10.7. The molecule has 0 unspecified atom stereocenters. The Morgan fingerprint density at radius 2 is 1.81 bits per heavy atom. The Bertz CT molecular complexity index is 1020. The Morgan fingerprint density at radius 1 is 1.13 bits per heavy atom. The number of sulfonamides is 1. The standard InChI is InChI=1S/C25H31N2O3S/c1-3-24(21-30-20-23-10-5-4-6-11-23)27(19-9-18-26-16-7-8-17-26)31(28,29)25-14-12-22(2)13-15-25/h3-6,9-15,24H,1,7-8,16-17,19-21H2,2H3/q+1/t24-/m1/s1. The van der Waals surface area contributed by atoms with Crippen LogP contribution in [-0.4, -0.2) is 55.5 Å². The summed E-state index contributed by atoms with van der Waals surface area (Å²) < 4.78 is 36.3. The SMILES string of the molecule is C=C[C@H](COCc1ccccc1)N(CC=C=[N+]1CCCC1)S(=O)(=O)c1ccc(C)cc1. The minimum atomic E-state index is -3.73. The van der Waals surface area contributed by atoms with Crippen molar-refractivity contribution in [1.29, 1.82) is 0 Å². The van der Waals surface area contributed by atoms with Crippen LogP contribution in [0.1, 0.15) is 24.0 Å². The molecule has 0 aliphatic carbocycles. The lowest BCUT2D eigenvalue weighted by atomic mass is 10.2. The first-order valence-corrected chi connectivity index (χ1v) is 12.1. The third-order valence-electron chi connectivity index (χ3n) is 5.32. The average Bonchev–Trinajstić information content (AvgIpc) is 3.29. The molecule has 1 saturated heterocycles. The molecule has 31 heavy (non-hydrogen) atoms. The number of aryl methyl sites for hydroxylation is 1. The fourth-order valence-electron chi connectivity index (χ4n) is 3.50. The van der Waals surface area contributed by atoms with E-state index in [-0.39, 0.29) is 18.0 Å². The van der Waals surface area contributed by atoms with Crippen LogP contribution in [0.15, 0.2) is 78.2 Å². The van der Waals surface area contributed by atoms with E-state index in [4.69, 9.17) is 4.74 Å². The smallest absolute Gasteiger partial charge is 0.244 e. The van der Waals surface area contributed by atoms with E-state index in [2.05, 4.69) is 17.0 Å². The van der Waals surface area contributed by atoms with Crippen LogP contribution in [0.3, 0.4) is 0 Å². The molecule has 2 aromatic rings. The average molecular weight is 440 g/mol. The van der Waals surface area contributed by atoms with Gasteiger partial charge in [0.25, 0.3) is 0 Å². The third kappa shape index (κ3) is 6.49. The van der Waals surface area contributed by atoms with Gasteiger partial charge < -0.3 is 4.74 Å². The van der Waals surface area contributed by atoms with E-state index in [0.29, 0.717) is 6.61 Å². The van der Waals surface area contributed by atoms with Crippen molar-refractivity contribution in [3.63, 3.8) is 0 Å². The molecule has 5 nitrogen and oxygen atoms in total. The van der Waals surface area contributed by atoms with E-state index in [1.165, 1.54) is 4.31 Å². The number of benzene rings is 2. The van der Waals surface area contributed by atoms with Crippen molar-refractivity contribution in [3.8, 4) is 0 Å². The highest BCUT2D eigenvalue weighted by molar-refractivity contribution is 7.89. The van der Waals surface area contributed by atoms with E-state index in [9.17, 15) is 8.42 Å². The van der Waals surface area contributed by atoms with Crippen LogP contribution in [0.4, 0.5) is 0 Å². The molecule has 6 heteroatoms. The Labute approximate surface area is 186 Å². The van der Waals surface area contributed by atoms with Crippen molar-refractivity contribution >= 4 is 15.9 Å². The maximum Gasteiger partial charge on any atom is 0.244 e. The Balaban J connectivity index is 1.81. The largest absolute Gasteiger partial charge is 0.375 e. The molecular weight excluding hydrogens is 408 g/mol. The van der Waals surface area contributed by atoms with E-state index in [1.54, 1.807) is 24.3 Å². The van der Waals surface area contributed by atoms with E-state index in [0.717, 1.165) is 37.1 Å². The summed E-state index contributed by atoms with van der Waals surface area (Å²) in [5.41, 5.74) is 2.06. The van der Waals surface area contributed by atoms with E-state index in [1.807, 2.05) is 49.4 Å². The summed E-state index contributed by atoms with van der Waals surface area (Å²) >= 11 is 0. The third-order valence-corrected chi connectivity index (χ3v) is 7.23. The van der Waals surface area contributed by atoms with Crippen LogP contribution < -0.4 is 0 Å². The zero-order valence-electron chi connectivity index (χ0n) is 18.1. The summed E-state index contributed by atoms with van der Waals surface area (Å²) in [6.07, 6.45) is 5.73. The summed E-state index contributed by atoms with van der Waals surface area (Å²) in [4.78, 5) is 0.266. The molecule has 1 fully saturated rings. The van der Waals surface area contributed by atoms with Crippen LogP contribution in [0.25, 0.3) is 0 Å². The zero-order chi connectivity index (χ0) is 22.1. The van der Waals surface area contributed by atoms with Crippen molar-refractivity contribution in [2.75, 3.05) is 26.2 Å². The van der Waals surface area contributed by atoms with Gasteiger partial charge in [0.2, 0.25) is 10.0 Å². The number of hydrogen-bond donors (Lipinski definition) is 0. The van der Waals surface area contributed by atoms with Crippen LogP contribution >= 0.6 is 0 Å². The van der Waals surface area contributed by atoms with Crippen LogP contribution in [-0.2, 0) is 21.4 Å². The van der Waals surface area contributed by atoms with E-state index < -0.39 is 16.1 Å². The second kappa shape index (κ2) is 11.2. The molecule has 1 aliphatic heterocycles. The van der Waals surface area contributed by atoms with Crippen molar-refractivity contribution in [3.05, 3.63) is 84.5 Å². The molecule has 164 valence electrons. The topological polar surface area (TPSA) is 49.6 Å². The lowest BCUT2D eigenvalue weighted by molar-refractivity contribution is -0.498. The lowest BCUT2D eigenvalue weighted by Gasteiger charge is -2.27. The molecule has 0 saturated carbocycles. The second-order valence-electron chi connectivity index (χ2n) is 7.72. The Kier molecular flexibility index (Phi) is 8.38. The highest BCUT2D eigenvalue weighted by Gasteiger charge is 2.29. The first-order chi connectivity index (χ1) is 15.0. The monoisotopic (exact) mass is 439 g/mol. The van der Waals surface area contributed by atoms with E-state index >= 15 is 0 Å². The lowest BCUT2D eigenvalue weighted by Crippen LogP contribution is -2.42. The molecule has 1 aliphatic rings. The first kappa shape index (κ1) is 23.2. The molecule has 0 spiro atoms. The van der Waals surface area contributed by atoms with Crippen LogP contribution in [0.2, 0.25) is 0 Å². The summed E-state index contributed by atoms with van der Waals surface area (Å²) in [6, 6.07) is 16.3. The highest BCUT2D eigenvalue weighted by Crippen LogP contribution is 2.20. The normalized spacial score (nSPS) is 15.0. The summed E-state index contributed by atoms with van der Waals surface area (Å²) in [7, 11) is -3.73. The molecule has 0 aromatic heterocycles. The van der Waals surface area contributed by atoms with Crippen molar-refractivity contribution in [1.82, 2.24) is 4.31 Å². The maximum atomic E-state index is 13.5. The van der Waals surface area contributed by atoms with Gasteiger partial charge in [-0.1, -0.05) is 54.1 Å². The number of rotatable bonds is 10. The van der Waals surface area contributed by atoms with Crippen molar-refractivity contribution in [2.24, 2.45) is 0 Å². The van der Waals surface area contributed by atoms with Gasteiger partial charge in [-0.25, -0.2) is 8.42 Å². The van der Waals surface area contributed by atoms with Gasteiger partial charge >= 0.3 is 0 Å². The zero-order valence-corrected chi connectivity index (χ0v) is 18.9. The minimum Gasteiger partial charge on any atom is -0.375 e. The predicted octanol–water partition coefficient (Wildman–Crippen LogP) is 3.79. The number of nitrogens with zero attached hydrogens (tertiary/aromatic N) is 2. The summed E-state index contributed by atoms with van der Waals surface area (Å²) in [5.74, 6) is 3.23. The number of hydrogen-bond acceptors (Lipinski definition) is 3. The second-order valence-corrected chi connectivity index (χ2v) is 9.61. The molecule has 0 radical (unpaired) electrons. The molecular formula is C25H31N2O3S+. The summed E-state index contributed by atoms with van der Waals surface area (Å²) in [6.45, 7) is 8.59. The van der Waals surface area contributed by atoms with Crippen LogP contribution in [0.5, 0.6) is 0 Å². The Morgan fingerprint density at radius 3 is 2.45 bits per heavy atom. The van der Waals surface area contributed by atoms with Crippen molar-refractivity contribution in [2.45, 2.75) is 37.3 Å². The predicted molar refractivity (Wildman–Crippen MR) is 124 cm³/mol. The van der Waals surface area contributed by atoms with Gasteiger partial charge in [0.05, 0.1) is 24.2 Å². The van der Waals surface area contributed by atoms with Crippen LogP contribution in [0, 0.1) is 6.92 Å². The van der Waals surface area contributed by atoms with Gasteiger partial charge in [-0.05, 0) is 24.6 Å². The maximum absolute atomic E-state index is 13.5. The Hall–Kier alpha value is -2.50. The summed E-state index contributed by atoms with van der Waals surface area (Å²) in [5, 5.41) is 0. The van der Waals surface area contributed by atoms with Gasteiger partial charge in [0.15, 0.2) is 19.0 Å². The molecule has 2 aromatic carbocycles.